The van der Waals surface area contributed by atoms with Crippen LogP contribution >= 0.6 is 22.7 Å². The molecular formula is C19H16F3N5S2. The monoisotopic (exact) mass is 435 g/mol. The Hall–Kier alpha value is -2.56. The van der Waals surface area contributed by atoms with Crippen molar-refractivity contribution >= 4 is 38.2 Å². The van der Waals surface area contributed by atoms with Gasteiger partial charge in [0.1, 0.15) is 15.4 Å². The largest absolute Gasteiger partial charge is 0.416 e. The maximum absolute atomic E-state index is 12.6. The molecule has 0 bridgehead atoms. The lowest BCUT2D eigenvalue weighted by atomic mass is 10.0. The molecule has 150 valence electrons. The van der Waals surface area contributed by atoms with Gasteiger partial charge in [0.2, 0.25) is 0 Å². The Morgan fingerprint density at radius 3 is 2.59 bits per heavy atom. The number of nitrogens with two attached hydrogens (primary N) is 1. The molecule has 3 N–H and O–H groups in total. The van der Waals surface area contributed by atoms with E-state index in [1.165, 1.54) is 34.8 Å². The van der Waals surface area contributed by atoms with Crippen LogP contribution in [0.15, 0.2) is 48.8 Å². The molecule has 1 aromatic carbocycles. The second-order valence-electron chi connectivity index (χ2n) is 6.42. The molecule has 0 aliphatic carbocycles. The van der Waals surface area contributed by atoms with Crippen molar-refractivity contribution in [3.63, 3.8) is 0 Å². The normalized spacial score (nSPS) is 13.0. The maximum atomic E-state index is 12.6. The van der Waals surface area contributed by atoms with Crippen molar-refractivity contribution in [1.82, 2.24) is 15.0 Å². The number of rotatable bonds is 6. The van der Waals surface area contributed by atoms with E-state index in [4.69, 9.17) is 5.73 Å². The molecule has 4 aromatic rings. The highest BCUT2D eigenvalue weighted by Crippen LogP contribution is 2.34. The average Bonchev–Trinajstić information content (AvgIpc) is 3.33. The third-order valence-corrected chi connectivity index (χ3v) is 6.28. The van der Waals surface area contributed by atoms with E-state index in [1.54, 1.807) is 12.4 Å². The van der Waals surface area contributed by atoms with E-state index < -0.39 is 11.7 Å². The van der Waals surface area contributed by atoms with E-state index in [0.29, 0.717) is 13.0 Å². The van der Waals surface area contributed by atoms with Crippen molar-refractivity contribution in [3.8, 4) is 9.88 Å². The molecule has 0 amide bonds. The summed E-state index contributed by atoms with van der Waals surface area (Å²) in [5.41, 5.74) is 7.07. The zero-order valence-corrected chi connectivity index (χ0v) is 16.6. The number of benzene rings is 1. The van der Waals surface area contributed by atoms with Crippen LogP contribution in [0, 0.1) is 0 Å². The third kappa shape index (κ3) is 4.72. The quantitative estimate of drug-likeness (QED) is 0.454. The highest BCUT2D eigenvalue weighted by Gasteiger charge is 2.29. The Kier molecular flexibility index (Phi) is 5.48. The van der Waals surface area contributed by atoms with Gasteiger partial charge >= 0.3 is 6.18 Å². The molecule has 0 aliphatic heterocycles. The lowest BCUT2D eigenvalue weighted by Gasteiger charge is -2.13. The van der Waals surface area contributed by atoms with E-state index in [9.17, 15) is 13.2 Å². The van der Waals surface area contributed by atoms with E-state index in [1.807, 2.05) is 12.1 Å². The molecule has 5 nitrogen and oxygen atoms in total. The van der Waals surface area contributed by atoms with Gasteiger partial charge in [-0.2, -0.15) is 13.2 Å². The first-order valence-electron chi connectivity index (χ1n) is 8.72. The predicted molar refractivity (Wildman–Crippen MR) is 110 cm³/mol. The van der Waals surface area contributed by atoms with Gasteiger partial charge in [0.05, 0.1) is 16.6 Å². The summed E-state index contributed by atoms with van der Waals surface area (Å²) >= 11 is 2.98. The number of hydrogen-bond acceptors (Lipinski definition) is 7. The number of aromatic nitrogens is 3. The summed E-state index contributed by atoms with van der Waals surface area (Å²) in [7, 11) is 0. The van der Waals surface area contributed by atoms with Gasteiger partial charge in [-0.3, -0.25) is 0 Å². The number of halogens is 3. The van der Waals surface area contributed by atoms with E-state index in [-0.39, 0.29) is 6.04 Å². The fraction of sp³-hybridized carbons (Fsp3) is 0.211. The minimum absolute atomic E-state index is 0.259. The average molecular weight is 436 g/mol. The summed E-state index contributed by atoms with van der Waals surface area (Å²) in [4.78, 5) is 15.0. The van der Waals surface area contributed by atoms with Crippen molar-refractivity contribution in [2.75, 3.05) is 11.9 Å². The number of anilines is 1. The van der Waals surface area contributed by atoms with Gasteiger partial charge < -0.3 is 11.1 Å². The first-order chi connectivity index (χ1) is 13.9. The number of thiazole rings is 2. The van der Waals surface area contributed by atoms with Gasteiger partial charge in [-0.15, -0.1) is 0 Å². The second kappa shape index (κ2) is 8.05. The Morgan fingerprint density at radius 2 is 1.86 bits per heavy atom. The number of hydrogen-bond donors (Lipinski definition) is 2. The Bertz CT molecular complexity index is 1070. The van der Waals surface area contributed by atoms with Gasteiger partial charge in [0.25, 0.3) is 0 Å². The topological polar surface area (TPSA) is 76.7 Å². The summed E-state index contributed by atoms with van der Waals surface area (Å²) in [6.45, 7) is 0.454. The van der Waals surface area contributed by atoms with E-state index >= 15 is 0 Å². The number of fused-ring (bicyclic) bond motifs is 1. The first-order valence-corrected chi connectivity index (χ1v) is 10.3. The van der Waals surface area contributed by atoms with Crippen LogP contribution in [0.5, 0.6) is 0 Å². The molecule has 0 radical (unpaired) electrons. The number of nitrogens with zero attached hydrogens (tertiary/aromatic N) is 3. The van der Waals surface area contributed by atoms with Gasteiger partial charge in [-0.05, 0) is 36.2 Å². The SMILES string of the molecule is N[C@H](CNc1ncc(-c2nc3cccnc3s2)s1)Cc1ccc(C(F)(F)F)cc1. The fourth-order valence-corrected chi connectivity index (χ4v) is 4.52. The van der Waals surface area contributed by atoms with Crippen LogP contribution in [-0.4, -0.2) is 27.5 Å². The van der Waals surface area contributed by atoms with Gasteiger partial charge in [-0.25, -0.2) is 15.0 Å². The summed E-state index contributed by atoms with van der Waals surface area (Å²) in [6.07, 6.45) is -0.370. The van der Waals surface area contributed by atoms with Crippen LogP contribution in [0.1, 0.15) is 11.1 Å². The Balaban J connectivity index is 1.34. The fourth-order valence-electron chi connectivity index (χ4n) is 2.75. The standard InChI is InChI=1S/C19H16F3N5S2/c20-19(21,22)12-5-3-11(4-6-12)8-13(23)9-25-18-26-10-15(28-18)17-27-14-2-1-7-24-16(14)29-17/h1-7,10,13H,8-9,23H2,(H,25,26)/t13-/m0/s1. The minimum atomic E-state index is -4.33. The van der Waals surface area contributed by atoms with Crippen LogP contribution < -0.4 is 11.1 Å². The second-order valence-corrected chi connectivity index (χ2v) is 8.42. The van der Waals surface area contributed by atoms with Gasteiger partial charge in [0, 0.05) is 18.8 Å². The maximum Gasteiger partial charge on any atom is 0.416 e. The molecule has 0 saturated heterocycles. The number of alkyl halides is 3. The molecule has 0 saturated carbocycles. The van der Waals surface area contributed by atoms with Crippen LogP contribution in [0.2, 0.25) is 0 Å². The molecule has 0 fully saturated rings. The van der Waals surface area contributed by atoms with Crippen molar-refractivity contribution in [3.05, 3.63) is 59.9 Å². The summed E-state index contributed by atoms with van der Waals surface area (Å²) in [5, 5.41) is 4.77. The van der Waals surface area contributed by atoms with Gasteiger partial charge in [0.15, 0.2) is 5.13 Å². The first kappa shape index (κ1) is 19.7. The summed E-state index contributed by atoms with van der Waals surface area (Å²) in [5.74, 6) is 0. The highest BCUT2D eigenvalue weighted by molar-refractivity contribution is 7.26. The molecular weight excluding hydrogens is 419 g/mol. The Morgan fingerprint density at radius 1 is 1.07 bits per heavy atom. The number of pyridine rings is 1. The zero-order valence-electron chi connectivity index (χ0n) is 15.0. The molecule has 0 aliphatic rings. The summed E-state index contributed by atoms with van der Waals surface area (Å²) in [6, 6.07) is 8.60. The summed E-state index contributed by atoms with van der Waals surface area (Å²) < 4.78 is 37.9. The lowest BCUT2D eigenvalue weighted by molar-refractivity contribution is -0.137. The van der Waals surface area contributed by atoms with Crippen LogP contribution in [0.25, 0.3) is 20.2 Å². The molecule has 29 heavy (non-hydrogen) atoms. The molecule has 0 unspecified atom stereocenters. The van der Waals surface area contributed by atoms with E-state index in [0.717, 1.165) is 43.1 Å². The van der Waals surface area contributed by atoms with Crippen LogP contribution in [0.4, 0.5) is 18.3 Å². The van der Waals surface area contributed by atoms with Crippen molar-refractivity contribution in [1.29, 1.82) is 0 Å². The van der Waals surface area contributed by atoms with E-state index in [2.05, 4.69) is 20.3 Å². The van der Waals surface area contributed by atoms with Crippen LogP contribution in [-0.2, 0) is 12.6 Å². The molecule has 3 aromatic heterocycles. The van der Waals surface area contributed by atoms with Crippen molar-refractivity contribution < 1.29 is 13.2 Å². The molecule has 0 spiro atoms. The van der Waals surface area contributed by atoms with Gasteiger partial charge in [-0.1, -0.05) is 34.8 Å². The highest BCUT2D eigenvalue weighted by atomic mass is 32.1. The molecule has 10 heteroatoms. The molecule has 3 heterocycles. The predicted octanol–water partition coefficient (Wildman–Crippen LogP) is 4.82. The Labute approximate surface area is 172 Å². The lowest BCUT2D eigenvalue weighted by Crippen LogP contribution is -2.31. The van der Waals surface area contributed by atoms with Crippen LogP contribution in [0.3, 0.4) is 0 Å². The minimum Gasteiger partial charge on any atom is -0.360 e. The zero-order chi connectivity index (χ0) is 20.4. The van der Waals surface area contributed by atoms with Crippen molar-refractivity contribution in [2.24, 2.45) is 5.73 Å². The smallest absolute Gasteiger partial charge is 0.360 e. The van der Waals surface area contributed by atoms with Crippen molar-refractivity contribution in [2.45, 2.75) is 18.6 Å². The molecule has 4 rings (SSSR count). The number of nitrogens with one attached hydrogen (secondary N) is 1. The molecule has 1 atom stereocenters. The third-order valence-electron chi connectivity index (χ3n) is 4.18.